The molecule has 1 atom stereocenters. The smallest absolute Gasteiger partial charge is 0.444 e. The second-order valence-electron chi connectivity index (χ2n) is 9.39. The number of hydrogen-bond acceptors (Lipinski definition) is 6. The van der Waals surface area contributed by atoms with Gasteiger partial charge in [0, 0.05) is 18.2 Å². The molecule has 0 bridgehead atoms. The molecule has 2 fully saturated rings. The van der Waals surface area contributed by atoms with E-state index in [0.717, 1.165) is 11.2 Å². The predicted octanol–water partition coefficient (Wildman–Crippen LogP) is 2.69. The first-order chi connectivity index (χ1) is 12.9. The minimum atomic E-state index is -0.520. The summed E-state index contributed by atoms with van der Waals surface area (Å²) in [4.78, 5) is 18.6. The summed E-state index contributed by atoms with van der Waals surface area (Å²) in [5.41, 5.74) is 0.330. The summed E-state index contributed by atoms with van der Waals surface area (Å²) in [7, 11) is -0.447. The first kappa shape index (κ1) is 21.1. The second-order valence-corrected chi connectivity index (χ2v) is 9.39. The first-order valence-corrected chi connectivity index (χ1v) is 9.79. The van der Waals surface area contributed by atoms with Gasteiger partial charge in [-0.15, -0.1) is 0 Å². The summed E-state index contributed by atoms with van der Waals surface area (Å²) in [5.74, 6) is 0. The molecule has 154 valence electrons. The van der Waals surface area contributed by atoms with Crippen LogP contribution in [0.5, 0.6) is 0 Å². The zero-order chi connectivity index (χ0) is 20.7. The van der Waals surface area contributed by atoms with Gasteiger partial charge in [0.15, 0.2) is 0 Å². The fourth-order valence-electron chi connectivity index (χ4n) is 3.05. The van der Waals surface area contributed by atoms with Crippen molar-refractivity contribution in [1.29, 1.82) is 0 Å². The molecule has 2 saturated heterocycles. The summed E-state index contributed by atoms with van der Waals surface area (Å²) >= 11 is 0. The van der Waals surface area contributed by atoms with Crippen molar-refractivity contribution in [2.45, 2.75) is 71.4 Å². The van der Waals surface area contributed by atoms with Crippen molar-refractivity contribution in [3.8, 4) is 0 Å². The molecule has 0 N–H and O–H groups in total. The summed E-state index contributed by atoms with van der Waals surface area (Å²) in [5, 5.41) is 0. The Balaban J connectivity index is 1.66. The van der Waals surface area contributed by atoms with Crippen LogP contribution in [0, 0.1) is 0 Å². The molecule has 28 heavy (non-hydrogen) atoms. The van der Waals surface area contributed by atoms with Gasteiger partial charge in [0.1, 0.15) is 11.7 Å². The van der Waals surface area contributed by atoms with Gasteiger partial charge in [0.25, 0.3) is 0 Å². The van der Waals surface area contributed by atoms with Crippen molar-refractivity contribution in [1.82, 2.24) is 9.88 Å². The minimum Gasteiger partial charge on any atom is -0.444 e. The molecule has 3 rings (SSSR count). The number of aromatic nitrogens is 1. The summed E-state index contributed by atoms with van der Waals surface area (Å²) in [6.45, 7) is 15.0. The van der Waals surface area contributed by atoms with Crippen molar-refractivity contribution in [3.05, 3.63) is 24.0 Å². The fraction of sp³-hybridized carbons (Fsp3) is 0.700. The molecule has 0 aromatic carbocycles. The quantitative estimate of drug-likeness (QED) is 0.724. The molecule has 2 aliphatic rings. The summed E-state index contributed by atoms with van der Waals surface area (Å²) in [6.07, 6.45) is 1.15. The highest BCUT2D eigenvalue weighted by Gasteiger charge is 2.51. The third-order valence-electron chi connectivity index (χ3n) is 5.38. The molecule has 1 unspecified atom stereocenters. The van der Waals surface area contributed by atoms with Crippen LogP contribution in [0.1, 0.15) is 60.3 Å². The molecule has 1 aromatic heterocycles. The molecule has 3 heterocycles. The maximum Gasteiger partial charge on any atom is 0.496 e. The van der Waals surface area contributed by atoms with Gasteiger partial charge >= 0.3 is 13.2 Å². The van der Waals surface area contributed by atoms with E-state index in [1.54, 1.807) is 11.1 Å². The SMILES string of the molecule is CC(C)(C)OC(=O)N1CCOC(c2ccc(B3OC(C)(C)C(C)(C)O3)cn2)C1. The molecule has 1 aromatic rings. The molecular weight excluding hydrogens is 359 g/mol. The maximum atomic E-state index is 12.3. The molecule has 0 aliphatic carbocycles. The van der Waals surface area contributed by atoms with Crippen LogP contribution in [0.3, 0.4) is 0 Å². The average molecular weight is 390 g/mol. The van der Waals surface area contributed by atoms with E-state index in [1.807, 2.05) is 60.6 Å². The van der Waals surface area contributed by atoms with Gasteiger partial charge in [0.2, 0.25) is 0 Å². The van der Waals surface area contributed by atoms with Crippen LogP contribution >= 0.6 is 0 Å². The fourth-order valence-corrected chi connectivity index (χ4v) is 3.05. The lowest BCUT2D eigenvalue weighted by molar-refractivity contribution is -0.0447. The Morgan fingerprint density at radius 1 is 1.21 bits per heavy atom. The standard InChI is InChI=1S/C20H31BN2O5/c1-18(2,3)26-17(24)23-10-11-25-16(13-23)15-9-8-14(12-22-15)21-27-19(4,5)20(6,7)28-21/h8-9,12,16H,10-11,13H2,1-7H3. The van der Waals surface area contributed by atoms with Crippen LogP contribution < -0.4 is 5.46 Å². The van der Waals surface area contributed by atoms with Crippen molar-refractivity contribution in [2.24, 2.45) is 0 Å². The van der Waals surface area contributed by atoms with E-state index in [0.29, 0.717) is 19.7 Å². The third kappa shape index (κ3) is 4.50. The van der Waals surface area contributed by atoms with E-state index in [-0.39, 0.29) is 12.2 Å². The van der Waals surface area contributed by atoms with Crippen LogP contribution in [-0.2, 0) is 18.8 Å². The third-order valence-corrected chi connectivity index (χ3v) is 5.38. The number of carbonyl (C=O) groups excluding carboxylic acids is 1. The first-order valence-electron chi connectivity index (χ1n) is 9.79. The van der Waals surface area contributed by atoms with Gasteiger partial charge < -0.3 is 23.7 Å². The number of nitrogens with zero attached hydrogens (tertiary/aromatic N) is 2. The Morgan fingerprint density at radius 3 is 2.39 bits per heavy atom. The topological polar surface area (TPSA) is 70.1 Å². The summed E-state index contributed by atoms with van der Waals surface area (Å²) in [6, 6.07) is 3.85. The van der Waals surface area contributed by atoms with Gasteiger partial charge in [-0.25, -0.2) is 4.79 Å². The van der Waals surface area contributed by atoms with Crippen LogP contribution in [0.15, 0.2) is 18.3 Å². The number of rotatable bonds is 2. The number of hydrogen-bond donors (Lipinski definition) is 0. The maximum absolute atomic E-state index is 12.3. The Hall–Kier alpha value is -1.64. The molecule has 1 amide bonds. The molecule has 0 saturated carbocycles. The molecular formula is C20H31BN2O5. The molecule has 0 radical (unpaired) electrons. The largest absolute Gasteiger partial charge is 0.496 e. The van der Waals surface area contributed by atoms with Crippen molar-refractivity contribution in [3.63, 3.8) is 0 Å². The normalized spacial score (nSPS) is 24.3. The molecule has 2 aliphatic heterocycles. The monoisotopic (exact) mass is 390 g/mol. The van der Waals surface area contributed by atoms with E-state index in [4.69, 9.17) is 18.8 Å². The number of amides is 1. The summed E-state index contributed by atoms with van der Waals surface area (Å²) < 4.78 is 23.4. The highest BCUT2D eigenvalue weighted by molar-refractivity contribution is 6.62. The van der Waals surface area contributed by atoms with E-state index >= 15 is 0 Å². The predicted molar refractivity (Wildman–Crippen MR) is 106 cm³/mol. The number of carbonyl (C=O) groups is 1. The Kier molecular flexibility index (Phi) is 5.51. The Labute approximate surface area is 167 Å². The lowest BCUT2D eigenvalue weighted by Crippen LogP contribution is -2.45. The molecule has 7 nitrogen and oxygen atoms in total. The lowest BCUT2D eigenvalue weighted by Gasteiger charge is -2.34. The minimum absolute atomic E-state index is 0.284. The van der Waals surface area contributed by atoms with Crippen LogP contribution in [0.2, 0.25) is 0 Å². The number of ether oxygens (including phenoxy) is 2. The number of pyridine rings is 1. The van der Waals surface area contributed by atoms with E-state index in [1.165, 1.54) is 0 Å². The highest BCUT2D eigenvalue weighted by Crippen LogP contribution is 2.36. The van der Waals surface area contributed by atoms with E-state index in [2.05, 4.69) is 4.98 Å². The lowest BCUT2D eigenvalue weighted by atomic mass is 9.80. The van der Waals surface area contributed by atoms with Crippen LogP contribution in [0.25, 0.3) is 0 Å². The second kappa shape index (κ2) is 7.32. The average Bonchev–Trinajstić information content (AvgIpc) is 2.81. The van der Waals surface area contributed by atoms with Gasteiger partial charge in [-0.3, -0.25) is 4.98 Å². The van der Waals surface area contributed by atoms with Gasteiger partial charge in [0.05, 0.1) is 30.0 Å². The Bertz CT molecular complexity index is 698. The Morgan fingerprint density at radius 2 is 1.86 bits per heavy atom. The highest BCUT2D eigenvalue weighted by atomic mass is 16.7. The van der Waals surface area contributed by atoms with Gasteiger partial charge in [-0.1, -0.05) is 6.07 Å². The van der Waals surface area contributed by atoms with Gasteiger partial charge in [-0.05, 0) is 54.5 Å². The molecule has 8 heteroatoms. The van der Waals surface area contributed by atoms with Crippen LogP contribution in [-0.4, -0.2) is 59.6 Å². The van der Waals surface area contributed by atoms with Crippen LogP contribution in [0.4, 0.5) is 4.79 Å². The number of morpholine rings is 1. The van der Waals surface area contributed by atoms with Crippen molar-refractivity contribution < 1.29 is 23.6 Å². The molecule has 0 spiro atoms. The van der Waals surface area contributed by atoms with E-state index < -0.39 is 23.9 Å². The van der Waals surface area contributed by atoms with E-state index in [9.17, 15) is 4.79 Å². The van der Waals surface area contributed by atoms with Gasteiger partial charge in [-0.2, -0.15) is 0 Å². The zero-order valence-corrected chi connectivity index (χ0v) is 17.9. The van der Waals surface area contributed by atoms with Crippen molar-refractivity contribution >= 4 is 18.7 Å². The van der Waals surface area contributed by atoms with Crippen molar-refractivity contribution in [2.75, 3.05) is 19.7 Å². The zero-order valence-electron chi connectivity index (χ0n) is 17.9.